The molecule has 0 bridgehead atoms. The molecule has 0 radical (unpaired) electrons. The van der Waals surface area contributed by atoms with Gasteiger partial charge in [-0.2, -0.15) is 5.10 Å². The fourth-order valence-corrected chi connectivity index (χ4v) is 2.72. The summed E-state index contributed by atoms with van der Waals surface area (Å²) in [6.45, 7) is 1.82. The van der Waals surface area contributed by atoms with E-state index < -0.39 is 0 Å². The van der Waals surface area contributed by atoms with Crippen molar-refractivity contribution in [2.24, 2.45) is 0 Å². The van der Waals surface area contributed by atoms with Gasteiger partial charge in [-0.05, 0) is 23.8 Å². The monoisotopic (exact) mass is 346 g/mol. The molecule has 1 N–H and O–H groups in total. The minimum atomic E-state index is -0.0529. The summed E-state index contributed by atoms with van der Waals surface area (Å²) in [4.78, 5) is 14.0. The molecule has 1 saturated heterocycles. The molecule has 1 aromatic heterocycles. The van der Waals surface area contributed by atoms with Crippen molar-refractivity contribution in [3.8, 4) is 5.88 Å². The number of hydrogen-bond donors (Lipinski definition) is 1. The topological polar surface area (TPSA) is 67.4 Å². The standard InChI is InChI=1S/C17H19ClN4O2/c18-14-5-3-13(4-6-14)12-19-17(23)22-10-7-15(8-11-22)24-16-2-1-9-20-21-16/h1-6,9,15H,7-8,10-12H2,(H,19,23). The van der Waals surface area contributed by atoms with E-state index in [0.717, 1.165) is 18.4 Å². The van der Waals surface area contributed by atoms with E-state index in [4.69, 9.17) is 16.3 Å². The molecular formula is C17H19ClN4O2. The summed E-state index contributed by atoms with van der Waals surface area (Å²) in [7, 11) is 0. The van der Waals surface area contributed by atoms with Crippen LogP contribution in [0.3, 0.4) is 0 Å². The summed E-state index contributed by atoms with van der Waals surface area (Å²) in [5, 5.41) is 11.3. The largest absolute Gasteiger partial charge is 0.473 e. The highest BCUT2D eigenvalue weighted by molar-refractivity contribution is 6.30. The normalized spacial score (nSPS) is 15.1. The van der Waals surface area contributed by atoms with Crippen LogP contribution >= 0.6 is 11.6 Å². The van der Waals surface area contributed by atoms with E-state index in [1.807, 2.05) is 29.2 Å². The predicted molar refractivity (Wildman–Crippen MR) is 90.9 cm³/mol. The van der Waals surface area contributed by atoms with Crippen molar-refractivity contribution in [1.29, 1.82) is 0 Å². The molecule has 0 spiro atoms. The number of carbonyl (C=O) groups excluding carboxylic acids is 1. The van der Waals surface area contributed by atoms with E-state index in [2.05, 4.69) is 15.5 Å². The Morgan fingerprint density at radius 2 is 2.00 bits per heavy atom. The molecule has 0 aliphatic carbocycles. The van der Waals surface area contributed by atoms with Crippen molar-refractivity contribution in [3.63, 3.8) is 0 Å². The summed E-state index contributed by atoms with van der Waals surface area (Å²) in [6.07, 6.45) is 3.25. The maximum absolute atomic E-state index is 12.2. The lowest BCUT2D eigenvalue weighted by Crippen LogP contribution is -2.46. The zero-order valence-corrected chi connectivity index (χ0v) is 13.9. The summed E-state index contributed by atoms with van der Waals surface area (Å²) < 4.78 is 5.78. The number of halogens is 1. The molecule has 24 heavy (non-hydrogen) atoms. The summed E-state index contributed by atoms with van der Waals surface area (Å²) in [5.74, 6) is 0.531. The first-order valence-corrected chi connectivity index (χ1v) is 8.30. The number of likely N-dealkylation sites (tertiary alicyclic amines) is 1. The van der Waals surface area contributed by atoms with Gasteiger partial charge < -0.3 is 15.0 Å². The Morgan fingerprint density at radius 3 is 2.67 bits per heavy atom. The van der Waals surface area contributed by atoms with E-state index in [-0.39, 0.29) is 12.1 Å². The summed E-state index contributed by atoms with van der Waals surface area (Å²) in [5.41, 5.74) is 1.02. The van der Waals surface area contributed by atoms with E-state index in [9.17, 15) is 4.79 Å². The van der Waals surface area contributed by atoms with E-state index in [0.29, 0.717) is 30.5 Å². The molecule has 1 fully saturated rings. The van der Waals surface area contributed by atoms with Gasteiger partial charge in [0.05, 0.1) is 0 Å². The fraction of sp³-hybridized carbons (Fsp3) is 0.353. The van der Waals surface area contributed by atoms with Gasteiger partial charge in [-0.25, -0.2) is 4.79 Å². The van der Waals surface area contributed by atoms with Crippen molar-refractivity contribution in [2.45, 2.75) is 25.5 Å². The lowest BCUT2D eigenvalue weighted by atomic mass is 10.1. The Hall–Kier alpha value is -2.34. The number of ether oxygens (including phenoxy) is 1. The molecule has 3 rings (SSSR count). The molecule has 0 atom stereocenters. The van der Waals surface area contributed by atoms with Crippen LogP contribution in [0.25, 0.3) is 0 Å². The van der Waals surface area contributed by atoms with Crippen LogP contribution in [0.4, 0.5) is 4.79 Å². The fourth-order valence-electron chi connectivity index (χ4n) is 2.59. The molecule has 0 saturated carbocycles. The molecule has 7 heteroatoms. The van der Waals surface area contributed by atoms with Crippen LogP contribution in [0.15, 0.2) is 42.6 Å². The Labute approximate surface area is 145 Å². The van der Waals surface area contributed by atoms with Gasteiger partial charge in [-0.1, -0.05) is 23.7 Å². The molecule has 2 heterocycles. The van der Waals surface area contributed by atoms with E-state index in [1.165, 1.54) is 0 Å². The van der Waals surface area contributed by atoms with Gasteiger partial charge in [0, 0.05) is 49.8 Å². The van der Waals surface area contributed by atoms with Crippen LogP contribution in [-0.2, 0) is 6.54 Å². The number of piperidine rings is 1. The predicted octanol–water partition coefficient (Wildman–Crippen LogP) is 2.88. The second kappa shape index (κ2) is 7.97. The van der Waals surface area contributed by atoms with Crippen molar-refractivity contribution in [3.05, 3.63) is 53.2 Å². The highest BCUT2D eigenvalue weighted by Gasteiger charge is 2.24. The SMILES string of the molecule is O=C(NCc1ccc(Cl)cc1)N1CCC(Oc2cccnn2)CC1. The zero-order chi connectivity index (χ0) is 16.8. The number of amides is 2. The van der Waals surface area contributed by atoms with Crippen LogP contribution in [0.1, 0.15) is 18.4 Å². The number of hydrogen-bond acceptors (Lipinski definition) is 4. The number of carbonyl (C=O) groups is 1. The van der Waals surface area contributed by atoms with E-state index in [1.54, 1.807) is 18.3 Å². The van der Waals surface area contributed by atoms with Crippen LogP contribution in [-0.4, -0.2) is 40.3 Å². The summed E-state index contributed by atoms with van der Waals surface area (Å²) >= 11 is 5.85. The molecule has 0 unspecified atom stereocenters. The third-order valence-electron chi connectivity index (χ3n) is 3.92. The Morgan fingerprint density at radius 1 is 1.25 bits per heavy atom. The average Bonchev–Trinajstić information content (AvgIpc) is 2.62. The maximum atomic E-state index is 12.2. The number of benzene rings is 1. The van der Waals surface area contributed by atoms with Gasteiger partial charge in [0.2, 0.25) is 5.88 Å². The van der Waals surface area contributed by atoms with Gasteiger partial charge in [-0.15, -0.1) is 5.10 Å². The third kappa shape index (κ3) is 4.58. The van der Waals surface area contributed by atoms with Crippen LogP contribution < -0.4 is 10.1 Å². The Kier molecular flexibility index (Phi) is 5.48. The number of rotatable bonds is 4. The molecule has 1 aliphatic rings. The smallest absolute Gasteiger partial charge is 0.317 e. The first-order chi connectivity index (χ1) is 11.7. The molecule has 2 amide bonds. The lowest BCUT2D eigenvalue weighted by Gasteiger charge is -2.31. The summed E-state index contributed by atoms with van der Waals surface area (Å²) in [6, 6.07) is 11.0. The van der Waals surface area contributed by atoms with E-state index >= 15 is 0 Å². The van der Waals surface area contributed by atoms with Gasteiger partial charge in [0.15, 0.2) is 0 Å². The van der Waals surface area contributed by atoms with Crippen molar-refractivity contribution < 1.29 is 9.53 Å². The Bertz CT molecular complexity index is 658. The second-order valence-electron chi connectivity index (χ2n) is 5.65. The Balaban J connectivity index is 1.42. The minimum absolute atomic E-state index is 0.0529. The molecule has 6 nitrogen and oxygen atoms in total. The molecule has 126 valence electrons. The van der Waals surface area contributed by atoms with Gasteiger partial charge >= 0.3 is 6.03 Å². The molecular weight excluding hydrogens is 328 g/mol. The highest BCUT2D eigenvalue weighted by atomic mass is 35.5. The zero-order valence-electron chi connectivity index (χ0n) is 13.2. The lowest BCUT2D eigenvalue weighted by molar-refractivity contribution is 0.106. The number of nitrogens with zero attached hydrogens (tertiary/aromatic N) is 3. The first-order valence-electron chi connectivity index (χ1n) is 7.92. The van der Waals surface area contributed by atoms with Crippen molar-refractivity contribution >= 4 is 17.6 Å². The third-order valence-corrected chi connectivity index (χ3v) is 4.17. The first kappa shape index (κ1) is 16.5. The average molecular weight is 347 g/mol. The van der Waals surface area contributed by atoms with Crippen molar-refractivity contribution in [2.75, 3.05) is 13.1 Å². The van der Waals surface area contributed by atoms with Crippen molar-refractivity contribution in [1.82, 2.24) is 20.4 Å². The van der Waals surface area contributed by atoms with Gasteiger partial charge in [0.1, 0.15) is 6.10 Å². The number of nitrogens with one attached hydrogen (secondary N) is 1. The number of aromatic nitrogens is 2. The number of urea groups is 1. The molecule has 2 aromatic rings. The minimum Gasteiger partial charge on any atom is -0.473 e. The second-order valence-corrected chi connectivity index (χ2v) is 6.09. The van der Waals surface area contributed by atoms with Crippen LogP contribution in [0.2, 0.25) is 5.02 Å². The molecule has 1 aliphatic heterocycles. The maximum Gasteiger partial charge on any atom is 0.317 e. The van der Waals surface area contributed by atoms with Crippen LogP contribution in [0, 0.1) is 0 Å². The van der Waals surface area contributed by atoms with Gasteiger partial charge in [0.25, 0.3) is 0 Å². The van der Waals surface area contributed by atoms with Crippen LogP contribution in [0.5, 0.6) is 5.88 Å². The quantitative estimate of drug-likeness (QED) is 0.924. The van der Waals surface area contributed by atoms with Gasteiger partial charge in [-0.3, -0.25) is 0 Å². The molecule has 1 aromatic carbocycles. The highest BCUT2D eigenvalue weighted by Crippen LogP contribution is 2.16.